The summed E-state index contributed by atoms with van der Waals surface area (Å²) in [6, 6.07) is 58.9. The zero-order chi connectivity index (χ0) is 83.5. The molecule has 0 atom stereocenters. The van der Waals surface area contributed by atoms with Crippen LogP contribution in [0, 0.1) is 54.3 Å². The van der Waals surface area contributed by atoms with Gasteiger partial charge in [-0.15, -0.1) is 0 Å². The molecule has 7 aromatic carbocycles. The molecule has 0 unspecified atom stereocenters. The fourth-order valence-electron chi connectivity index (χ4n) is 9.65. The Morgan fingerprint density at radius 3 is 1.25 bits per heavy atom. The molecular weight excluding hydrogens is 1800 g/mol. The van der Waals surface area contributed by atoms with Gasteiger partial charge in [0.15, 0.2) is 23.0 Å². The van der Waals surface area contributed by atoms with Crippen LogP contribution in [-0.2, 0) is 30.1 Å². The monoisotopic (exact) mass is 1890 g/mol. The summed E-state index contributed by atoms with van der Waals surface area (Å²) in [5.74, 6) is -0.127. The maximum atomic E-state index is 12.8. The number of carboxylic acid groups (broad SMARTS) is 1. The number of hydrogen-bond donors (Lipinski definition) is 3. The Bertz CT molecular complexity index is 5680. The number of hydrogen-bond acceptors (Lipinski definition) is 23. The van der Waals surface area contributed by atoms with Crippen molar-refractivity contribution in [1.82, 2.24) is 21.9 Å². The number of nitrogens with zero attached hydrogens (tertiary/aromatic N) is 9. The minimum absolute atomic E-state index is 0. The van der Waals surface area contributed by atoms with Gasteiger partial charge in [0.1, 0.15) is 11.6 Å². The number of amides is 1. The molecule has 116 heavy (non-hydrogen) atoms. The standard InChI is InChI=1S/C17H14N2O5S.C14H13N3O4.C10H8BrNO2S.C10H8NO2S.C8H7NO5.C7H6BrNO3.C6H8N2.3CH4.3CH3.Sn/c1-24-17-10-9-13(12-16(17)19(20)21)15-8-5-11-18(15)25(22,23)14-6-3-2-4-7-14;1-9-4-3-7-15-13(9)16-14(18)10-5-6-12(21-2)11(8-10)17(19)20;11-10-7-4-8-12(10)15(13,14)9-5-2-1-3-6-9;12-14(13,11-8-4-5-9-11)10-6-2-1-3-7-10;1-14-7-3-2-5(8(10)11)4-6(7)9(12)13;1-12-7-3-2-5(8)4-6(7)9(10)11;1-5-3-2-4-8-6(5)7;;;;;;;/h2-12H,1H3;3-8H,1-2H3,(H,15,16,18);1-8H;1-8H;2-4H,1H3,(H,10,11);2-4H,1H3;2-4H,1H3,(H2,7,8);3*1H4;3*1H3;. The molecule has 0 spiro atoms. The summed E-state index contributed by atoms with van der Waals surface area (Å²) >= 11 is 3.88. The van der Waals surface area contributed by atoms with Crippen molar-refractivity contribution in [3.63, 3.8) is 0 Å². The Hall–Kier alpha value is -12.2. The first-order valence-corrected chi connectivity index (χ1v) is 48.5. The van der Waals surface area contributed by atoms with Crippen LogP contribution in [0.25, 0.3) is 11.3 Å². The van der Waals surface area contributed by atoms with Crippen LogP contribution >= 0.6 is 31.9 Å². The van der Waals surface area contributed by atoms with E-state index in [2.05, 4.69) is 62.0 Å². The molecule has 0 fully saturated rings. The van der Waals surface area contributed by atoms with Crippen LogP contribution < -0.4 is 33.7 Å². The number of nitrogens with two attached hydrogens (primary N) is 1. The van der Waals surface area contributed by atoms with Crippen LogP contribution in [0.5, 0.6) is 23.0 Å². The van der Waals surface area contributed by atoms with E-state index in [9.17, 15) is 75.3 Å². The summed E-state index contributed by atoms with van der Waals surface area (Å²) in [6.07, 6.45) is 7.81. The first-order chi connectivity index (χ1) is 53.4. The second-order valence-electron chi connectivity index (χ2n) is 23.8. The predicted molar refractivity (Wildman–Crippen MR) is 454 cm³/mol. The Balaban J connectivity index is 0.000000356. The molecule has 0 aliphatic carbocycles. The number of nitrogen functional groups attached to an aromatic ring is 1. The van der Waals surface area contributed by atoms with Gasteiger partial charge >= 0.3 is 142 Å². The minimum atomic E-state index is -3.81. The molecule has 5 aromatic heterocycles. The number of aromatic carboxylic acids is 1. The first-order valence-electron chi connectivity index (χ1n) is 32.6. The molecule has 4 N–H and O–H groups in total. The molecule has 5 heterocycles. The molecule has 0 aliphatic rings. The molecular formula is C78H85Br2N11O21S3Sn. The van der Waals surface area contributed by atoms with Crippen molar-refractivity contribution >= 4 is 130 Å². The number of carbonyl (C=O) groups is 2. The van der Waals surface area contributed by atoms with Crippen molar-refractivity contribution in [2.45, 2.75) is 65.6 Å². The summed E-state index contributed by atoms with van der Waals surface area (Å²) in [6.45, 7) is 3.74. The number of benzene rings is 7. The number of ether oxygens (including phenoxy) is 4. The van der Waals surface area contributed by atoms with Crippen LogP contribution in [0.4, 0.5) is 34.4 Å². The van der Waals surface area contributed by atoms with Crippen LogP contribution in [0.1, 0.15) is 54.1 Å². The Morgan fingerprint density at radius 2 is 0.836 bits per heavy atom. The summed E-state index contributed by atoms with van der Waals surface area (Å²) < 4.78 is 100. The number of carbonyl (C=O) groups excluding carboxylic acids is 1. The van der Waals surface area contributed by atoms with Gasteiger partial charge in [-0.25, -0.2) is 39.5 Å². The second-order valence-corrected chi connectivity index (χ2v) is 45.3. The quantitative estimate of drug-likeness (QED) is 0.0384. The number of aryl methyl sites for hydroxylation is 2. The second kappa shape index (κ2) is 45.1. The first kappa shape index (κ1) is 98.0. The number of methoxy groups -OCH3 is 4. The summed E-state index contributed by atoms with van der Waals surface area (Å²) in [7, 11) is -5.35. The van der Waals surface area contributed by atoms with Crippen molar-refractivity contribution in [2.24, 2.45) is 0 Å². The van der Waals surface area contributed by atoms with E-state index >= 15 is 0 Å². The number of nitro groups is 4. The number of anilines is 2. The number of pyridine rings is 2. The molecule has 12 aromatic rings. The van der Waals surface area contributed by atoms with Gasteiger partial charge in [0, 0.05) is 64.7 Å². The van der Waals surface area contributed by atoms with Gasteiger partial charge in [-0.3, -0.25) is 45.3 Å². The van der Waals surface area contributed by atoms with Gasteiger partial charge < -0.3 is 35.1 Å². The molecule has 614 valence electrons. The van der Waals surface area contributed by atoms with Crippen molar-refractivity contribution in [1.29, 1.82) is 0 Å². The van der Waals surface area contributed by atoms with Gasteiger partial charge in [0.05, 0.1) is 73.8 Å². The molecule has 0 saturated carbocycles. The van der Waals surface area contributed by atoms with E-state index in [4.69, 9.17) is 29.8 Å². The number of nitro benzene ring substituents is 4. The average Bonchev–Trinajstić information content (AvgIpc) is 1.58. The van der Waals surface area contributed by atoms with E-state index in [1.54, 1.807) is 153 Å². The van der Waals surface area contributed by atoms with Crippen molar-refractivity contribution in [2.75, 3.05) is 39.5 Å². The van der Waals surface area contributed by atoms with Gasteiger partial charge in [-0.2, -0.15) is 0 Å². The molecule has 0 bridgehead atoms. The molecule has 1 amide bonds. The zero-order valence-electron chi connectivity index (χ0n) is 61.4. The molecule has 38 heteroatoms. The third-order valence-electron chi connectivity index (χ3n) is 15.3. The number of halogens is 2. The number of carboxylic acids is 1. The van der Waals surface area contributed by atoms with E-state index in [1.165, 1.54) is 109 Å². The zero-order valence-corrected chi connectivity index (χ0v) is 69.9. The molecule has 0 aliphatic heterocycles. The topological polar surface area (TPSA) is 445 Å². The molecule has 0 radical (unpaired) electrons. The van der Waals surface area contributed by atoms with Crippen molar-refractivity contribution in [3.05, 3.63) is 327 Å². The van der Waals surface area contributed by atoms with Crippen LogP contribution in [0.15, 0.2) is 279 Å². The molecule has 0 saturated heterocycles. The van der Waals surface area contributed by atoms with Gasteiger partial charge in [-0.05, 0) is 150 Å². The van der Waals surface area contributed by atoms with E-state index < -0.39 is 80.0 Å². The van der Waals surface area contributed by atoms with Crippen LogP contribution in [0.2, 0.25) is 14.8 Å². The average molecular weight is 1890 g/mol. The van der Waals surface area contributed by atoms with Gasteiger partial charge in [0.25, 0.3) is 26.0 Å². The Labute approximate surface area is 692 Å². The number of aromatic nitrogens is 5. The fraction of sp³-hybridized carbons (Fsp3) is 0.154. The van der Waals surface area contributed by atoms with E-state index in [-0.39, 0.29) is 88.9 Å². The van der Waals surface area contributed by atoms with Crippen LogP contribution in [-0.4, -0.2) is 131 Å². The SMILES string of the molecule is C.C.C.COc1ccc(-c2cccn2S(=O)(=O)c2ccccc2)cc1[N+](=O)[O-].COc1ccc(Br)cc1[N+](=O)[O-].COc1ccc(C(=O)Nc2ncccc2C)cc1[N+](=O)[O-].COc1ccc(C(=O)O)cc1[N+](=O)[O-].Cc1cccnc1N.O=S(=O)(c1ccccc1)n1cccc1Br.[CH3][Sn]([CH3])([CH3])[c]1cccn1S(=O)(=O)c1ccccc1. The van der Waals surface area contributed by atoms with Gasteiger partial charge in [-0.1, -0.05) is 86.7 Å². The van der Waals surface area contributed by atoms with Crippen molar-refractivity contribution in [3.8, 4) is 34.3 Å². The Morgan fingerprint density at radius 1 is 0.457 bits per heavy atom. The number of nitrogens with one attached hydrogen (secondary N) is 1. The maximum absolute atomic E-state index is 12.8. The summed E-state index contributed by atoms with van der Waals surface area (Å²) in [5.41, 5.74) is 7.11. The number of rotatable bonds is 19. The van der Waals surface area contributed by atoms with E-state index in [0.717, 1.165) is 24.9 Å². The summed E-state index contributed by atoms with van der Waals surface area (Å²) in [5, 5.41) is 54.3. The molecule has 32 nitrogen and oxygen atoms in total. The fourth-order valence-corrected chi connectivity index (χ4v) is 21.4. The third-order valence-corrected chi connectivity index (χ3v) is 27.8. The third kappa shape index (κ3) is 26.5. The van der Waals surface area contributed by atoms with E-state index in [1.807, 2.05) is 37.3 Å². The van der Waals surface area contributed by atoms with Crippen LogP contribution in [0.3, 0.4) is 0 Å². The predicted octanol–water partition coefficient (Wildman–Crippen LogP) is 17.2. The Kier molecular flexibility index (Phi) is 38.1. The van der Waals surface area contributed by atoms with Crippen molar-refractivity contribution < 1.29 is 78.6 Å². The molecule has 12 rings (SSSR count). The van der Waals surface area contributed by atoms with Gasteiger partial charge in [0.2, 0.25) is 0 Å². The summed E-state index contributed by atoms with van der Waals surface area (Å²) in [4.78, 5) is 78.7. The normalized spacial score (nSPS) is 10.4. The van der Waals surface area contributed by atoms with E-state index in [0.29, 0.717) is 36.9 Å².